The summed E-state index contributed by atoms with van der Waals surface area (Å²) in [5.74, 6) is 0.548. The highest BCUT2D eigenvalue weighted by atomic mass is 35.5. The summed E-state index contributed by atoms with van der Waals surface area (Å²) in [7, 11) is 1.59. The van der Waals surface area contributed by atoms with E-state index in [1.165, 1.54) is 17.8 Å². The first-order chi connectivity index (χ1) is 15.4. The minimum absolute atomic E-state index is 0.0487. The maximum atomic E-state index is 12.7. The van der Waals surface area contributed by atoms with Crippen LogP contribution in [-0.4, -0.2) is 39.8 Å². The second kappa shape index (κ2) is 11.4. The third kappa shape index (κ3) is 6.48. The maximum Gasteiger partial charge on any atom is 0.266 e. The molecule has 0 saturated carbocycles. The van der Waals surface area contributed by atoms with E-state index < -0.39 is 0 Å². The second-order valence-electron chi connectivity index (χ2n) is 7.12. The molecule has 0 atom stereocenters. The molecule has 2 aromatic rings. The lowest BCUT2D eigenvalue weighted by Gasteiger charge is -2.14. The largest absolute Gasteiger partial charge is 0.507 e. The number of carbonyl (C=O) groups is 2. The van der Waals surface area contributed by atoms with Crippen LogP contribution in [0.2, 0.25) is 5.02 Å². The fourth-order valence-electron chi connectivity index (χ4n) is 3.11. The first-order valence-corrected chi connectivity index (χ1v) is 11.7. The summed E-state index contributed by atoms with van der Waals surface area (Å²) in [4.78, 5) is 26.8. The van der Waals surface area contributed by atoms with Gasteiger partial charge in [-0.25, -0.2) is 0 Å². The fraction of sp³-hybridized carbons (Fsp3) is 0.261. The van der Waals surface area contributed by atoms with Crippen molar-refractivity contribution >= 4 is 63.5 Å². The Morgan fingerprint density at radius 1 is 1.22 bits per heavy atom. The smallest absolute Gasteiger partial charge is 0.266 e. The third-order valence-electron chi connectivity index (χ3n) is 4.81. The van der Waals surface area contributed by atoms with Crippen LogP contribution >= 0.6 is 35.6 Å². The number of hydrogen-bond donors (Lipinski definition) is 2. The van der Waals surface area contributed by atoms with Crippen molar-refractivity contribution in [2.75, 3.05) is 19.0 Å². The summed E-state index contributed by atoms with van der Waals surface area (Å²) < 4.78 is 5.58. The number of halogens is 1. The number of hydrogen-bond acceptors (Lipinski definition) is 6. The molecular weight excluding hydrogens is 468 g/mol. The second-order valence-corrected chi connectivity index (χ2v) is 9.24. The van der Waals surface area contributed by atoms with Gasteiger partial charge in [-0.15, -0.1) is 0 Å². The van der Waals surface area contributed by atoms with Crippen LogP contribution in [0.25, 0.3) is 6.08 Å². The molecule has 2 N–H and O–H groups in total. The average molecular weight is 491 g/mol. The summed E-state index contributed by atoms with van der Waals surface area (Å²) in [6.07, 6.45) is 4.24. The van der Waals surface area contributed by atoms with Crippen LogP contribution in [0.1, 0.15) is 31.2 Å². The van der Waals surface area contributed by atoms with Crippen molar-refractivity contribution in [1.29, 1.82) is 0 Å². The predicted molar refractivity (Wildman–Crippen MR) is 133 cm³/mol. The minimum atomic E-state index is -0.184. The lowest BCUT2D eigenvalue weighted by molar-refractivity contribution is -0.122. The molecule has 32 heavy (non-hydrogen) atoms. The van der Waals surface area contributed by atoms with E-state index in [2.05, 4.69) is 5.32 Å². The van der Waals surface area contributed by atoms with Crippen molar-refractivity contribution < 1.29 is 19.4 Å². The molecule has 1 aliphatic rings. The topological polar surface area (TPSA) is 78.9 Å². The number of benzene rings is 2. The normalized spacial score (nSPS) is 14.8. The van der Waals surface area contributed by atoms with E-state index in [0.717, 1.165) is 24.3 Å². The van der Waals surface area contributed by atoms with Crippen molar-refractivity contribution in [1.82, 2.24) is 4.90 Å². The first kappa shape index (κ1) is 24.1. The lowest BCUT2D eigenvalue weighted by Crippen LogP contribution is -2.29. The number of nitrogens with zero attached hydrogens (tertiary/aromatic N) is 1. The molecule has 3 rings (SSSR count). The monoisotopic (exact) mass is 490 g/mol. The van der Waals surface area contributed by atoms with Gasteiger partial charge in [0.05, 0.1) is 12.0 Å². The number of methoxy groups -OCH3 is 1. The van der Waals surface area contributed by atoms with Gasteiger partial charge in [-0.05, 0) is 61.4 Å². The number of phenols is 1. The van der Waals surface area contributed by atoms with Gasteiger partial charge in [-0.1, -0.05) is 42.0 Å². The van der Waals surface area contributed by atoms with Gasteiger partial charge in [0.2, 0.25) is 5.91 Å². The van der Waals surface area contributed by atoms with E-state index in [4.69, 9.17) is 28.6 Å². The molecular formula is C23H23ClN2O4S2. The standard InChI is InChI=1S/C23H23ClN2O4S2/c1-30-18-9-7-17(8-10-18)25-21(28)5-3-2-4-12-26-22(29)20(32-23(26)31)14-15-13-16(24)6-11-19(15)27/h6-11,13-14,27H,2-5,12H2,1H3,(H,25,28)/b20-14-. The molecule has 168 valence electrons. The zero-order valence-corrected chi connectivity index (χ0v) is 19.9. The molecule has 1 aliphatic heterocycles. The van der Waals surface area contributed by atoms with Crippen LogP contribution in [0.5, 0.6) is 11.5 Å². The molecule has 9 heteroatoms. The molecule has 1 fully saturated rings. The quantitative estimate of drug-likeness (QED) is 0.276. The highest BCUT2D eigenvalue weighted by Crippen LogP contribution is 2.35. The summed E-state index contributed by atoms with van der Waals surface area (Å²) in [6.45, 7) is 0.490. The number of amides is 2. The van der Waals surface area contributed by atoms with Crippen LogP contribution < -0.4 is 10.1 Å². The van der Waals surface area contributed by atoms with Gasteiger partial charge >= 0.3 is 0 Å². The van der Waals surface area contributed by atoms with E-state index >= 15 is 0 Å². The van der Waals surface area contributed by atoms with E-state index in [0.29, 0.717) is 39.2 Å². The fourth-order valence-corrected chi connectivity index (χ4v) is 4.59. The minimum Gasteiger partial charge on any atom is -0.507 e. The SMILES string of the molecule is COc1ccc(NC(=O)CCCCCN2C(=O)/C(=C/c3cc(Cl)ccc3O)SC2=S)cc1. The number of nitrogens with one attached hydrogen (secondary N) is 1. The Morgan fingerprint density at radius 3 is 2.69 bits per heavy atom. The zero-order chi connectivity index (χ0) is 23.1. The molecule has 0 aromatic heterocycles. The molecule has 0 bridgehead atoms. The molecule has 0 spiro atoms. The summed E-state index contributed by atoms with van der Waals surface area (Å²) >= 11 is 12.5. The molecule has 1 saturated heterocycles. The van der Waals surface area contributed by atoms with Crippen molar-refractivity contribution in [3.63, 3.8) is 0 Å². The van der Waals surface area contributed by atoms with Gasteiger partial charge in [-0.3, -0.25) is 14.5 Å². The lowest BCUT2D eigenvalue weighted by atomic mass is 10.1. The van der Waals surface area contributed by atoms with Crippen molar-refractivity contribution in [3.05, 3.63) is 58.0 Å². The number of rotatable bonds is 9. The van der Waals surface area contributed by atoms with E-state index in [1.807, 2.05) is 0 Å². The molecule has 1 heterocycles. The summed E-state index contributed by atoms with van der Waals surface area (Å²) in [5, 5.41) is 13.3. The number of carbonyl (C=O) groups excluding carboxylic acids is 2. The van der Waals surface area contributed by atoms with Gasteiger partial charge in [0.25, 0.3) is 5.91 Å². The van der Waals surface area contributed by atoms with Gasteiger partial charge in [0, 0.05) is 29.2 Å². The third-order valence-corrected chi connectivity index (χ3v) is 6.42. The molecule has 0 unspecified atom stereocenters. The van der Waals surface area contributed by atoms with Crippen LogP contribution in [0.4, 0.5) is 5.69 Å². The first-order valence-electron chi connectivity index (χ1n) is 10.0. The van der Waals surface area contributed by atoms with Crippen LogP contribution in [-0.2, 0) is 9.59 Å². The van der Waals surface area contributed by atoms with E-state index in [-0.39, 0.29) is 17.6 Å². The Morgan fingerprint density at radius 2 is 1.97 bits per heavy atom. The summed E-state index contributed by atoms with van der Waals surface area (Å²) in [5.41, 5.74) is 1.20. The van der Waals surface area contributed by atoms with Gasteiger partial charge in [-0.2, -0.15) is 0 Å². The summed E-state index contributed by atoms with van der Waals surface area (Å²) in [6, 6.07) is 11.8. The number of thiocarbonyl (C=S) groups is 1. The Bertz CT molecular complexity index is 1040. The molecule has 0 aliphatic carbocycles. The Balaban J connectivity index is 1.43. The van der Waals surface area contributed by atoms with Crippen LogP contribution in [0.15, 0.2) is 47.4 Å². The van der Waals surface area contributed by atoms with E-state index in [9.17, 15) is 14.7 Å². The zero-order valence-electron chi connectivity index (χ0n) is 17.5. The maximum absolute atomic E-state index is 12.7. The Labute approximate surface area is 201 Å². The van der Waals surface area contributed by atoms with Crippen molar-refractivity contribution in [2.24, 2.45) is 0 Å². The van der Waals surface area contributed by atoms with Gasteiger partial charge in [0.1, 0.15) is 15.8 Å². The Hall–Kier alpha value is -2.55. The van der Waals surface area contributed by atoms with E-state index in [1.54, 1.807) is 54.5 Å². The predicted octanol–water partition coefficient (Wildman–Crippen LogP) is 5.45. The highest BCUT2D eigenvalue weighted by molar-refractivity contribution is 8.26. The number of thioether (sulfide) groups is 1. The van der Waals surface area contributed by atoms with Crippen LogP contribution in [0.3, 0.4) is 0 Å². The highest BCUT2D eigenvalue weighted by Gasteiger charge is 2.31. The van der Waals surface area contributed by atoms with Crippen molar-refractivity contribution in [3.8, 4) is 11.5 Å². The number of phenolic OH excluding ortho intramolecular Hbond substituents is 1. The molecule has 2 amide bonds. The van der Waals surface area contributed by atoms with Crippen molar-refractivity contribution in [2.45, 2.75) is 25.7 Å². The number of anilines is 1. The molecule has 6 nitrogen and oxygen atoms in total. The van der Waals surface area contributed by atoms with Crippen LogP contribution in [0, 0.1) is 0 Å². The average Bonchev–Trinajstić information content (AvgIpc) is 3.03. The van der Waals surface area contributed by atoms with Gasteiger partial charge < -0.3 is 15.2 Å². The molecule has 0 radical (unpaired) electrons. The Kier molecular flexibility index (Phi) is 8.55. The number of ether oxygens (including phenoxy) is 1. The number of aromatic hydroxyl groups is 1. The number of unbranched alkanes of at least 4 members (excludes halogenated alkanes) is 2. The molecule has 2 aromatic carbocycles. The van der Waals surface area contributed by atoms with Gasteiger partial charge in [0.15, 0.2) is 0 Å².